The lowest BCUT2D eigenvalue weighted by molar-refractivity contribution is 0.0254. The van der Waals surface area contributed by atoms with Crippen molar-refractivity contribution in [2.24, 2.45) is 0 Å². The Kier molecular flexibility index (Phi) is 3.59. The van der Waals surface area contributed by atoms with Gasteiger partial charge >= 0.3 is 0 Å². The van der Waals surface area contributed by atoms with E-state index in [1.54, 1.807) is 0 Å². The Morgan fingerprint density at radius 1 is 1.40 bits per heavy atom. The summed E-state index contributed by atoms with van der Waals surface area (Å²) in [5.74, 6) is 0. The van der Waals surface area contributed by atoms with E-state index in [2.05, 4.69) is 23.2 Å². The van der Waals surface area contributed by atoms with Crippen molar-refractivity contribution in [3.63, 3.8) is 0 Å². The predicted molar refractivity (Wildman–Crippen MR) is 60.8 cm³/mol. The summed E-state index contributed by atoms with van der Waals surface area (Å²) in [4.78, 5) is 2.38. The van der Waals surface area contributed by atoms with Gasteiger partial charge in [-0.25, -0.2) is 0 Å². The normalized spacial score (nSPS) is 19.8. The van der Waals surface area contributed by atoms with Crippen LogP contribution in [0.15, 0.2) is 24.3 Å². The Hall–Kier alpha value is -1.06. The first kappa shape index (κ1) is 10.5. The van der Waals surface area contributed by atoms with Gasteiger partial charge in [-0.15, -0.1) is 0 Å². The largest absolute Gasteiger partial charge is 0.379 e. The number of ether oxygens (including phenoxy) is 1. The molecule has 0 bridgehead atoms. The zero-order valence-corrected chi connectivity index (χ0v) is 9.07. The average Bonchev–Trinajstić information content (AvgIpc) is 2.31. The lowest BCUT2D eigenvalue weighted by Gasteiger charge is -2.33. The molecule has 1 aromatic rings. The fourth-order valence-electron chi connectivity index (χ4n) is 1.76. The van der Waals surface area contributed by atoms with E-state index in [0.717, 1.165) is 32.0 Å². The topological polar surface area (TPSA) is 24.5 Å². The van der Waals surface area contributed by atoms with Crippen molar-refractivity contribution in [3.05, 3.63) is 30.3 Å². The van der Waals surface area contributed by atoms with Crippen LogP contribution in [0.4, 0.5) is 5.69 Å². The van der Waals surface area contributed by atoms with Crippen LogP contribution in [0.3, 0.4) is 0 Å². The lowest BCUT2D eigenvalue weighted by Crippen LogP contribution is -2.45. The molecule has 1 N–H and O–H groups in total. The van der Waals surface area contributed by atoms with Crippen molar-refractivity contribution in [1.29, 1.82) is 0 Å². The van der Waals surface area contributed by atoms with Gasteiger partial charge in [0.15, 0.2) is 0 Å². The quantitative estimate of drug-likeness (QED) is 0.810. The standard InChI is InChI=1S/C12H17N2O/c1-11(14-7-9-15-10-8-14)13-12-5-3-2-4-6-12/h2-5,11,13H,7-10H2,1H3. The zero-order chi connectivity index (χ0) is 10.5. The first-order chi connectivity index (χ1) is 7.36. The predicted octanol–water partition coefficient (Wildman–Crippen LogP) is 1.58. The molecule has 1 aromatic carbocycles. The van der Waals surface area contributed by atoms with Gasteiger partial charge in [-0.05, 0) is 13.0 Å². The maximum atomic E-state index is 5.32. The zero-order valence-electron chi connectivity index (χ0n) is 9.07. The molecule has 2 rings (SSSR count). The van der Waals surface area contributed by atoms with Crippen molar-refractivity contribution < 1.29 is 4.74 Å². The fraction of sp³-hybridized carbons (Fsp3) is 0.500. The Morgan fingerprint density at radius 2 is 2.20 bits per heavy atom. The van der Waals surface area contributed by atoms with Crippen molar-refractivity contribution in [3.8, 4) is 0 Å². The van der Waals surface area contributed by atoms with Crippen LogP contribution in [0.2, 0.25) is 0 Å². The van der Waals surface area contributed by atoms with Crippen molar-refractivity contribution in [2.45, 2.75) is 13.1 Å². The molecule has 1 saturated heterocycles. The average molecular weight is 205 g/mol. The number of nitrogens with zero attached hydrogens (tertiary/aromatic N) is 1. The monoisotopic (exact) mass is 205 g/mol. The van der Waals surface area contributed by atoms with Crippen LogP contribution in [0.5, 0.6) is 0 Å². The minimum Gasteiger partial charge on any atom is -0.379 e. The summed E-state index contributed by atoms with van der Waals surface area (Å²) < 4.78 is 5.32. The first-order valence-corrected chi connectivity index (χ1v) is 5.41. The van der Waals surface area contributed by atoms with E-state index in [1.165, 1.54) is 0 Å². The second kappa shape index (κ2) is 5.14. The maximum Gasteiger partial charge on any atom is 0.0766 e. The van der Waals surface area contributed by atoms with E-state index in [9.17, 15) is 0 Å². The van der Waals surface area contributed by atoms with Crippen LogP contribution in [0, 0.1) is 6.07 Å². The van der Waals surface area contributed by atoms with E-state index in [1.807, 2.05) is 24.3 Å². The number of nitrogens with one attached hydrogen (secondary N) is 1. The van der Waals surface area contributed by atoms with Gasteiger partial charge in [-0.1, -0.05) is 18.2 Å². The third kappa shape index (κ3) is 2.94. The molecule has 0 amide bonds. The highest BCUT2D eigenvalue weighted by Crippen LogP contribution is 2.09. The molecule has 0 saturated carbocycles. The third-order valence-corrected chi connectivity index (χ3v) is 2.67. The number of anilines is 1. The van der Waals surface area contributed by atoms with E-state index in [0.29, 0.717) is 6.17 Å². The molecule has 0 aromatic heterocycles. The molecule has 1 atom stereocenters. The van der Waals surface area contributed by atoms with Gasteiger partial charge in [0.25, 0.3) is 0 Å². The van der Waals surface area contributed by atoms with Crippen molar-refractivity contribution >= 4 is 5.69 Å². The lowest BCUT2D eigenvalue weighted by atomic mass is 10.3. The molecule has 0 aliphatic carbocycles. The molecular formula is C12H17N2O. The summed E-state index contributed by atoms with van der Waals surface area (Å²) in [6.07, 6.45) is 0.340. The summed E-state index contributed by atoms with van der Waals surface area (Å²) in [6.45, 7) is 5.85. The van der Waals surface area contributed by atoms with Crippen LogP contribution < -0.4 is 5.32 Å². The van der Waals surface area contributed by atoms with Gasteiger partial charge in [0, 0.05) is 24.8 Å². The van der Waals surface area contributed by atoms with Crippen LogP contribution in [0.25, 0.3) is 0 Å². The van der Waals surface area contributed by atoms with Crippen LogP contribution in [-0.4, -0.2) is 37.4 Å². The molecular weight excluding hydrogens is 188 g/mol. The minimum atomic E-state index is 0.340. The Morgan fingerprint density at radius 3 is 2.87 bits per heavy atom. The molecule has 1 heterocycles. The van der Waals surface area contributed by atoms with Crippen LogP contribution >= 0.6 is 0 Å². The smallest absolute Gasteiger partial charge is 0.0766 e. The Bertz CT molecular complexity index is 283. The van der Waals surface area contributed by atoms with Crippen molar-refractivity contribution in [1.82, 2.24) is 4.90 Å². The van der Waals surface area contributed by atoms with Gasteiger partial charge < -0.3 is 10.1 Å². The highest BCUT2D eigenvalue weighted by molar-refractivity contribution is 5.41. The van der Waals surface area contributed by atoms with E-state index >= 15 is 0 Å². The second-order valence-corrected chi connectivity index (χ2v) is 3.74. The number of morpholine rings is 1. The number of hydrogen-bond donors (Lipinski definition) is 1. The van der Waals surface area contributed by atoms with Gasteiger partial charge in [0.05, 0.1) is 19.4 Å². The summed E-state index contributed by atoms with van der Waals surface area (Å²) in [5.41, 5.74) is 1.05. The molecule has 15 heavy (non-hydrogen) atoms. The van der Waals surface area contributed by atoms with E-state index in [-0.39, 0.29) is 0 Å². The summed E-state index contributed by atoms with van der Waals surface area (Å²) >= 11 is 0. The third-order valence-electron chi connectivity index (χ3n) is 2.67. The highest BCUT2D eigenvalue weighted by atomic mass is 16.5. The molecule has 81 valence electrons. The number of rotatable bonds is 3. The van der Waals surface area contributed by atoms with Crippen molar-refractivity contribution in [2.75, 3.05) is 31.6 Å². The molecule has 3 nitrogen and oxygen atoms in total. The molecule has 1 radical (unpaired) electrons. The van der Waals surface area contributed by atoms with Crippen LogP contribution in [0.1, 0.15) is 6.92 Å². The second-order valence-electron chi connectivity index (χ2n) is 3.74. The number of para-hydroxylation sites is 1. The Labute approximate surface area is 91.0 Å². The maximum absolute atomic E-state index is 5.32. The van der Waals surface area contributed by atoms with Crippen LogP contribution in [-0.2, 0) is 4.74 Å². The first-order valence-electron chi connectivity index (χ1n) is 5.41. The molecule has 1 unspecified atom stereocenters. The summed E-state index contributed by atoms with van der Waals surface area (Å²) in [7, 11) is 0. The van der Waals surface area contributed by atoms with Gasteiger partial charge in [0.2, 0.25) is 0 Å². The summed E-state index contributed by atoms with van der Waals surface area (Å²) in [6, 6.07) is 11.1. The number of benzene rings is 1. The van der Waals surface area contributed by atoms with E-state index in [4.69, 9.17) is 4.74 Å². The van der Waals surface area contributed by atoms with Gasteiger partial charge in [-0.3, -0.25) is 4.90 Å². The minimum absolute atomic E-state index is 0.340. The highest BCUT2D eigenvalue weighted by Gasteiger charge is 2.16. The summed E-state index contributed by atoms with van der Waals surface area (Å²) in [5, 5.41) is 3.43. The molecule has 1 aliphatic heterocycles. The van der Waals surface area contributed by atoms with E-state index < -0.39 is 0 Å². The molecule has 3 heteroatoms. The molecule has 0 spiro atoms. The Balaban J connectivity index is 1.88. The fourth-order valence-corrected chi connectivity index (χ4v) is 1.76. The molecule has 1 aliphatic rings. The molecule has 1 fully saturated rings. The number of hydrogen-bond acceptors (Lipinski definition) is 3. The van der Waals surface area contributed by atoms with Gasteiger partial charge in [0.1, 0.15) is 0 Å². The van der Waals surface area contributed by atoms with Gasteiger partial charge in [-0.2, -0.15) is 0 Å². The SMILES string of the molecule is CC(Nc1[c]cccc1)N1CCOCC1.